The van der Waals surface area contributed by atoms with Gasteiger partial charge in [0, 0.05) is 18.5 Å². The Balaban J connectivity index is 0.000000248. The molecule has 1 aromatic carbocycles. The predicted octanol–water partition coefficient (Wildman–Crippen LogP) is 4.94. The van der Waals surface area contributed by atoms with Crippen molar-refractivity contribution in [3.05, 3.63) is 83.7 Å². The third kappa shape index (κ3) is 5.74. The highest BCUT2D eigenvalue weighted by Gasteiger charge is 2.22. The van der Waals surface area contributed by atoms with Gasteiger partial charge in [-0.05, 0) is 40.8 Å². The minimum absolute atomic E-state index is 0.0573. The predicted molar refractivity (Wildman–Crippen MR) is 119 cm³/mol. The molecule has 0 amide bonds. The summed E-state index contributed by atoms with van der Waals surface area (Å²) in [5.74, 6) is -1.22. The maximum atomic E-state index is 13.8. The number of benzene rings is 1. The van der Waals surface area contributed by atoms with Crippen molar-refractivity contribution in [3.63, 3.8) is 0 Å². The third-order valence-electron chi connectivity index (χ3n) is 3.51. The van der Waals surface area contributed by atoms with Crippen molar-refractivity contribution in [3.8, 4) is 5.75 Å². The lowest BCUT2D eigenvalue weighted by molar-refractivity contribution is -0.386. The quantitative estimate of drug-likeness (QED) is 0.156. The molecule has 0 fully saturated rings. The summed E-state index contributed by atoms with van der Waals surface area (Å²) in [4.78, 5) is 29.6. The number of rotatable bonds is 4. The van der Waals surface area contributed by atoms with Crippen LogP contribution in [0.2, 0.25) is 10.0 Å². The Morgan fingerprint density at radius 2 is 1.87 bits per heavy atom. The normalized spacial score (nSPS) is 10.0. The first-order valence-corrected chi connectivity index (χ1v) is 9.72. The summed E-state index contributed by atoms with van der Waals surface area (Å²) in [6.45, 7) is 0. The molecule has 2 aromatic heterocycles. The Labute approximate surface area is 193 Å². The zero-order valence-electron chi connectivity index (χ0n) is 15.1. The Hall–Kier alpha value is -2.57. The first-order valence-electron chi connectivity index (χ1n) is 7.89. The van der Waals surface area contributed by atoms with Crippen LogP contribution in [-0.4, -0.2) is 27.8 Å². The minimum Gasteiger partial charge on any atom is -0.496 e. The number of carbonyl (C=O) groups is 1. The van der Waals surface area contributed by atoms with Crippen molar-refractivity contribution in [2.24, 2.45) is 0 Å². The number of nitrogens with zero attached hydrogens (tertiary/aromatic N) is 3. The molecule has 0 saturated carbocycles. The van der Waals surface area contributed by atoms with Crippen molar-refractivity contribution in [1.82, 2.24) is 9.97 Å². The summed E-state index contributed by atoms with van der Waals surface area (Å²) < 4.78 is 19.1. The number of pyridine rings is 2. The number of nitrogens with two attached hydrogens (primary N) is 1. The zero-order valence-corrected chi connectivity index (χ0v) is 18.8. The average Bonchev–Trinajstić information content (AvgIpc) is 2.69. The average molecular weight is 565 g/mol. The number of halogens is 4. The second kappa shape index (κ2) is 10.5. The molecule has 2 N–H and O–H groups in total. The minimum atomic E-state index is -0.694. The lowest BCUT2D eigenvalue weighted by atomic mass is 10.0. The summed E-state index contributed by atoms with van der Waals surface area (Å²) in [5, 5.41) is 10.9. The first-order chi connectivity index (χ1) is 14.1. The standard InChI is InChI=1S/C13H10ClFN2O2.C5H2ClIN2O2/c1-19-10-4-2-3-8(15)11(10)13(18)12-9(16)5-7(14)6-17-12;6-3-1-4(9(10)11)5(7)8-2-3/h2-6H,16H2,1H3;1-2H. The third-order valence-corrected chi connectivity index (χ3v) is 4.75. The second-order valence-electron chi connectivity index (χ2n) is 5.46. The van der Waals surface area contributed by atoms with Crippen molar-refractivity contribution in [2.45, 2.75) is 0 Å². The number of methoxy groups -OCH3 is 1. The van der Waals surface area contributed by atoms with E-state index in [-0.39, 0.29) is 33.4 Å². The van der Waals surface area contributed by atoms with Gasteiger partial charge in [0.2, 0.25) is 5.78 Å². The van der Waals surface area contributed by atoms with Crippen molar-refractivity contribution in [1.29, 1.82) is 0 Å². The molecule has 156 valence electrons. The number of carbonyl (C=O) groups excluding carboxylic acids is 1. The number of nitro groups is 1. The van der Waals surface area contributed by atoms with Gasteiger partial charge in [-0.25, -0.2) is 14.4 Å². The van der Waals surface area contributed by atoms with Gasteiger partial charge < -0.3 is 10.5 Å². The van der Waals surface area contributed by atoms with E-state index in [4.69, 9.17) is 33.7 Å². The van der Waals surface area contributed by atoms with Crippen LogP contribution in [0.1, 0.15) is 16.1 Å². The molecule has 3 aromatic rings. The lowest BCUT2D eigenvalue weighted by Gasteiger charge is -2.09. The fourth-order valence-corrected chi connectivity index (χ4v) is 3.01. The van der Waals surface area contributed by atoms with Gasteiger partial charge in [-0.1, -0.05) is 29.3 Å². The van der Waals surface area contributed by atoms with Crippen molar-refractivity contribution in [2.75, 3.05) is 12.8 Å². The highest BCUT2D eigenvalue weighted by Crippen LogP contribution is 2.26. The Kier molecular flexibility index (Phi) is 8.26. The van der Waals surface area contributed by atoms with Gasteiger partial charge in [0.05, 0.1) is 27.8 Å². The van der Waals surface area contributed by atoms with E-state index in [1.807, 2.05) is 0 Å². The van der Waals surface area contributed by atoms with Crippen LogP contribution in [0.5, 0.6) is 5.75 Å². The number of hydrogen-bond donors (Lipinski definition) is 1. The molecular weight excluding hydrogens is 553 g/mol. The van der Waals surface area contributed by atoms with Crippen LogP contribution in [0.4, 0.5) is 15.8 Å². The molecule has 30 heavy (non-hydrogen) atoms. The Bertz CT molecular complexity index is 1120. The van der Waals surface area contributed by atoms with Gasteiger partial charge in [-0.3, -0.25) is 14.9 Å². The van der Waals surface area contributed by atoms with Gasteiger partial charge in [-0.2, -0.15) is 0 Å². The number of nitrogen functional groups attached to an aromatic ring is 1. The molecule has 3 rings (SSSR count). The van der Waals surface area contributed by atoms with Gasteiger partial charge in [0.25, 0.3) is 0 Å². The highest BCUT2D eigenvalue weighted by atomic mass is 127. The number of ether oxygens (including phenoxy) is 1. The number of anilines is 1. The zero-order chi connectivity index (χ0) is 22.4. The molecule has 0 aliphatic rings. The Morgan fingerprint density at radius 3 is 2.43 bits per heavy atom. The van der Waals surface area contributed by atoms with E-state index in [9.17, 15) is 19.3 Å². The van der Waals surface area contributed by atoms with Crippen molar-refractivity contribution >= 4 is 63.0 Å². The molecule has 0 atom stereocenters. The fraction of sp³-hybridized carbons (Fsp3) is 0.0556. The maximum Gasteiger partial charge on any atom is 0.302 e. The van der Waals surface area contributed by atoms with Crippen LogP contribution in [0, 0.1) is 19.6 Å². The fourth-order valence-electron chi connectivity index (χ4n) is 2.20. The molecule has 12 heteroatoms. The van der Waals surface area contributed by atoms with Crippen LogP contribution in [0.25, 0.3) is 0 Å². The number of hydrogen-bond acceptors (Lipinski definition) is 7. The first kappa shape index (κ1) is 23.7. The molecule has 2 heterocycles. The van der Waals surface area contributed by atoms with Crippen molar-refractivity contribution < 1.29 is 18.8 Å². The number of ketones is 1. The summed E-state index contributed by atoms with van der Waals surface area (Å²) in [7, 11) is 1.35. The molecule has 0 unspecified atom stereocenters. The van der Waals surface area contributed by atoms with E-state index >= 15 is 0 Å². The van der Waals surface area contributed by atoms with Gasteiger partial charge >= 0.3 is 5.69 Å². The monoisotopic (exact) mass is 564 g/mol. The number of aromatic nitrogens is 2. The van der Waals surface area contributed by atoms with E-state index in [2.05, 4.69) is 9.97 Å². The van der Waals surface area contributed by atoms with Gasteiger partial charge in [0.1, 0.15) is 22.8 Å². The van der Waals surface area contributed by atoms with E-state index in [0.717, 1.165) is 0 Å². The van der Waals surface area contributed by atoms with Crippen LogP contribution < -0.4 is 10.5 Å². The largest absolute Gasteiger partial charge is 0.496 e. The second-order valence-corrected chi connectivity index (χ2v) is 7.35. The molecule has 0 saturated heterocycles. The summed E-state index contributed by atoms with van der Waals surface area (Å²) in [6.07, 6.45) is 2.65. The topological polar surface area (TPSA) is 121 Å². The smallest absolute Gasteiger partial charge is 0.302 e. The highest BCUT2D eigenvalue weighted by molar-refractivity contribution is 14.1. The lowest BCUT2D eigenvalue weighted by Crippen LogP contribution is -2.11. The summed E-state index contributed by atoms with van der Waals surface area (Å²) >= 11 is 13.0. The molecule has 0 bridgehead atoms. The molecule has 0 spiro atoms. The van der Waals surface area contributed by atoms with Crippen LogP contribution >= 0.6 is 45.8 Å². The molecule has 0 radical (unpaired) electrons. The Morgan fingerprint density at radius 1 is 1.23 bits per heavy atom. The van der Waals surface area contributed by atoms with E-state index in [0.29, 0.717) is 8.72 Å². The van der Waals surface area contributed by atoms with E-state index in [1.165, 1.54) is 49.8 Å². The van der Waals surface area contributed by atoms with Crippen LogP contribution in [0.15, 0.2) is 42.7 Å². The summed E-state index contributed by atoms with van der Waals surface area (Å²) in [5.41, 5.74) is 5.43. The molecule has 0 aliphatic carbocycles. The molecule has 0 aliphatic heterocycles. The van der Waals surface area contributed by atoms with Gasteiger partial charge in [0.15, 0.2) is 3.70 Å². The van der Waals surface area contributed by atoms with E-state index < -0.39 is 16.5 Å². The molecular formula is C18H12Cl2FIN4O4. The van der Waals surface area contributed by atoms with E-state index in [1.54, 1.807) is 22.6 Å². The SMILES string of the molecule is COc1cccc(F)c1C(=O)c1ncc(Cl)cc1N.O=[N+]([O-])c1cc(Cl)cnc1I. The summed E-state index contributed by atoms with van der Waals surface area (Å²) in [6, 6.07) is 6.76. The van der Waals surface area contributed by atoms with Crippen LogP contribution in [0.3, 0.4) is 0 Å². The maximum absolute atomic E-state index is 13.8. The van der Waals surface area contributed by atoms with Crippen LogP contribution in [-0.2, 0) is 0 Å². The molecule has 8 nitrogen and oxygen atoms in total. The van der Waals surface area contributed by atoms with Gasteiger partial charge in [-0.15, -0.1) is 0 Å².